The molecule has 0 heterocycles. The van der Waals surface area contributed by atoms with Gasteiger partial charge in [0, 0.05) is 6.42 Å². The molecule has 0 amide bonds. The molecule has 4 rings (SSSR count). The fraction of sp³-hybridized carbons (Fsp3) is 0.885. The van der Waals surface area contributed by atoms with Crippen molar-refractivity contribution in [2.45, 2.75) is 105 Å². The third kappa shape index (κ3) is 2.82. The minimum Gasteiger partial charge on any atom is -0.481 e. The number of hydrogen-bond donors (Lipinski definition) is 2. The number of allylic oxidation sites excluding steroid dienone is 1. The molecule has 8 atom stereocenters. The molecular formula is C26H42O3. The first-order chi connectivity index (χ1) is 13.5. The number of aliphatic hydroxyl groups excluding tert-OH is 1. The third-order valence-electron chi connectivity index (χ3n) is 11.2. The van der Waals surface area contributed by atoms with Gasteiger partial charge in [0.05, 0.1) is 6.10 Å². The van der Waals surface area contributed by atoms with Crippen LogP contribution in [-0.4, -0.2) is 22.3 Å². The first kappa shape index (κ1) is 21.4. The number of aliphatic hydroxyl groups is 1. The van der Waals surface area contributed by atoms with Gasteiger partial charge in [-0.15, -0.1) is 0 Å². The fourth-order valence-corrected chi connectivity index (χ4v) is 9.12. The van der Waals surface area contributed by atoms with Gasteiger partial charge in [-0.3, -0.25) is 4.79 Å². The number of carboxylic acid groups (broad SMARTS) is 1. The van der Waals surface area contributed by atoms with Crippen molar-refractivity contribution in [2.75, 3.05) is 0 Å². The molecule has 29 heavy (non-hydrogen) atoms. The molecule has 0 bridgehead atoms. The summed E-state index contributed by atoms with van der Waals surface area (Å²) in [4.78, 5) is 11.2. The Morgan fingerprint density at radius 1 is 1.10 bits per heavy atom. The first-order valence-corrected chi connectivity index (χ1v) is 12.1. The molecule has 0 aromatic carbocycles. The summed E-state index contributed by atoms with van der Waals surface area (Å²) >= 11 is 0. The van der Waals surface area contributed by atoms with Crippen LogP contribution in [0.25, 0.3) is 0 Å². The topological polar surface area (TPSA) is 57.5 Å². The summed E-state index contributed by atoms with van der Waals surface area (Å²) in [7, 11) is 0. The molecule has 2 N–H and O–H groups in total. The molecule has 4 aliphatic rings. The number of aliphatic carboxylic acids is 1. The predicted molar refractivity (Wildman–Crippen MR) is 116 cm³/mol. The van der Waals surface area contributed by atoms with Crippen molar-refractivity contribution in [3.63, 3.8) is 0 Å². The minimum atomic E-state index is -0.657. The van der Waals surface area contributed by atoms with Gasteiger partial charge in [0.15, 0.2) is 0 Å². The summed E-state index contributed by atoms with van der Waals surface area (Å²) in [6.45, 7) is 12.5. The summed E-state index contributed by atoms with van der Waals surface area (Å²) in [6, 6.07) is 0. The summed E-state index contributed by atoms with van der Waals surface area (Å²) in [5.74, 6) is 1.16. The zero-order chi connectivity index (χ0) is 21.2. The van der Waals surface area contributed by atoms with Crippen LogP contribution in [0.5, 0.6) is 0 Å². The summed E-state index contributed by atoms with van der Waals surface area (Å²) in [5, 5.41) is 19.4. The highest BCUT2D eigenvalue weighted by Gasteiger charge is 2.69. The van der Waals surface area contributed by atoms with E-state index in [1.165, 1.54) is 31.3 Å². The maximum Gasteiger partial charge on any atom is 0.303 e. The number of fused-ring (bicyclic) bond motifs is 5. The predicted octanol–water partition coefficient (Wildman–Crippen LogP) is 6.21. The molecular weight excluding hydrogens is 360 g/mol. The largest absolute Gasteiger partial charge is 0.481 e. The van der Waals surface area contributed by atoms with Crippen molar-refractivity contribution >= 4 is 5.97 Å². The van der Waals surface area contributed by atoms with Crippen LogP contribution in [0.1, 0.15) is 98.8 Å². The van der Waals surface area contributed by atoms with E-state index in [1.807, 2.05) is 0 Å². The van der Waals surface area contributed by atoms with E-state index in [1.54, 1.807) is 0 Å². The monoisotopic (exact) mass is 402 g/mol. The van der Waals surface area contributed by atoms with Crippen LogP contribution in [0.15, 0.2) is 11.6 Å². The molecule has 4 unspecified atom stereocenters. The molecule has 0 aromatic heterocycles. The zero-order valence-electron chi connectivity index (χ0n) is 19.3. The Kier molecular flexibility index (Phi) is 5.05. The van der Waals surface area contributed by atoms with Crippen LogP contribution in [0, 0.1) is 39.4 Å². The van der Waals surface area contributed by atoms with Gasteiger partial charge in [0.25, 0.3) is 0 Å². The van der Waals surface area contributed by atoms with Crippen LogP contribution < -0.4 is 0 Å². The van der Waals surface area contributed by atoms with E-state index >= 15 is 0 Å². The molecule has 0 radical (unpaired) electrons. The molecule has 0 saturated heterocycles. The lowest BCUT2D eigenvalue weighted by molar-refractivity contribution is -0.172. The summed E-state index contributed by atoms with van der Waals surface area (Å²) < 4.78 is 0. The highest BCUT2D eigenvalue weighted by molar-refractivity contribution is 5.66. The minimum absolute atomic E-state index is 0.144. The smallest absolute Gasteiger partial charge is 0.303 e. The number of rotatable bonds is 4. The van der Waals surface area contributed by atoms with Crippen molar-refractivity contribution in [2.24, 2.45) is 39.4 Å². The Morgan fingerprint density at radius 2 is 1.83 bits per heavy atom. The second kappa shape index (κ2) is 6.84. The van der Waals surface area contributed by atoms with Gasteiger partial charge in [0.2, 0.25) is 0 Å². The van der Waals surface area contributed by atoms with Crippen LogP contribution in [0.4, 0.5) is 0 Å². The van der Waals surface area contributed by atoms with E-state index in [0.29, 0.717) is 40.4 Å². The van der Waals surface area contributed by atoms with Crippen molar-refractivity contribution in [1.29, 1.82) is 0 Å². The van der Waals surface area contributed by atoms with Gasteiger partial charge in [-0.2, -0.15) is 0 Å². The molecule has 3 heteroatoms. The molecule has 0 spiro atoms. The number of hydrogen-bond acceptors (Lipinski definition) is 2. The Bertz CT molecular complexity index is 713. The highest BCUT2D eigenvalue weighted by Crippen LogP contribution is 2.77. The summed E-state index contributed by atoms with van der Waals surface area (Å²) in [6.07, 6.45) is 12.7. The van der Waals surface area contributed by atoms with Gasteiger partial charge in [-0.25, -0.2) is 0 Å². The number of carboxylic acids is 1. The fourth-order valence-electron chi connectivity index (χ4n) is 9.12. The molecule has 164 valence electrons. The van der Waals surface area contributed by atoms with E-state index in [0.717, 1.165) is 32.1 Å². The number of carbonyl (C=O) groups is 1. The second-order valence-electron chi connectivity index (χ2n) is 12.1. The normalized spacial score (nSPS) is 50.1. The third-order valence-corrected chi connectivity index (χ3v) is 11.2. The quantitative estimate of drug-likeness (QED) is 0.550. The van der Waals surface area contributed by atoms with Gasteiger partial charge >= 0.3 is 5.97 Å². The van der Waals surface area contributed by atoms with Crippen LogP contribution >= 0.6 is 0 Å². The maximum absolute atomic E-state index is 11.2. The van der Waals surface area contributed by atoms with Crippen molar-refractivity contribution < 1.29 is 15.0 Å². The molecule has 3 saturated carbocycles. The maximum atomic E-state index is 11.2. The molecule has 3 nitrogen and oxygen atoms in total. The van der Waals surface area contributed by atoms with Gasteiger partial charge < -0.3 is 10.2 Å². The van der Waals surface area contributed by atoms with Crippen LogP contribution in [-0.2, 0) is 4.79 Å². The van der Waals surface area contributed by atoms with Crippen molar-refractivity contribution in [3.8, 4) is 0 Å². The van der Waals surface area contributed by atoms with Crippen LogP contribution in [0.3, 0.4) is 0 Å². The average molecular weight is 403 g/mol. The second-order valence-corrected chi connectivity index (χ2v) is 12.1. The Hall–Kier alpha value is -0.830. The van der Waals surface area contributed by atoms with E-state index in [9.17, 15) is 15.0 Å². The van der Waals surface area contributed by atoms with E-state index in [-0.39, 0.29) is 11.5 Å². The molecule has 0 aliphatic heterocycles. The lowest BCUT2D eigenvalue weighted by atomic mass is 9.36. The van der Waals surface area contributed by atoms with Crippen LogP contribution in [0.2, 0.25) is 0 Å². The van der Waals surface area contributed by atoms with Gasteiger partial charge in [-0.1, -0.05) is 46.3 Å². The SMILES string of the molecule is C[C@H](CCC(=O)O)[C@H]1CC[C@@]2(C)C3(C)CC=C4C[C@@H](O)CCC4(C)C3CCC12C. The van der Waals surface area contributed by atoms with E-state index in [4.69, 9.17) is 0 Å². The first-order valence-electron chi connectivity index (χ1n) is 12.1. The Morgan fingerprint density at radius 3 is 2.52 bits per heavy atom. The lowest BCUT2D eigenvalue weighted by Crippen LogP contribution is -2.61. The molecule has 3 fully saturated rings. The van der Waals surface area contributed by atoms with Gasteiger partial charge in [-0.05, 0) is 97.2 Å². The van der Waals surface area contributed by atoms with E-state index < -0.39 is 5.97 Å². The summed E-state index contributed by atoms with van der Waals surface area (Å²) in [5.41, 5.74) is 2.68. The highest BCUT2D eigenvalue weighted by atomic mass is 16.4. The van der Waals surface area contributed by atoms with Crippen molar-refractivity contribution in [1.82, 2.24) is 0 Å². The Labute approximate surface area is 177 Å². The van der Waals surface area contributed by atoms with E-state index in [2.05, 4.69) is 40.7 Å². The molecule has 4 aliphatic carbocycles. The van der Waals surface area contributed by atoms with Crippen molar-refractivity contribution in [3.05, 3.63) is 11.6 Å². The average Bonchev–Trinajstić information content (AvgIpc) is 2.93. The Balaban J connectivity index is 1.67. The lowest BCUT2D eigenvalue weighted by Gasteiger charge is -2.68. The standard InChI is InChI=1S/C26H42O3/c1-17(6-7-22(28)29)20-10-15-26(5)24(20,3)14-11-21-23(2)12-9-19(27)16-18(23)8-13-25(21,26)4/h8,17,19-21,27H,6-7,9-16H2,1-5H3,(H,28,29)/t17-,19+,20-,21?,23?,24?,25?,26-/m1/s1. The zero-order valence-corrected chi connectivity index (χ0v) is 19.3. The van der Waals surface area contributed by atoms with Gasteiger partial charge in [0.1, 0.15) is 0 Å². The molecule has 0 aromatic rings.